The van der Waals surface area contributed by atoms with Crippen LogP contribution in [0.5, 0.6) is 0 Å². The lowest BCUT2D eigenvalue weighted by Gasteiger charge is -2.28. The van der Waals surface area contributed by atoms with Crippen molar-refractivity contribution >= 4 is 33.0 Å². The van der Waals surface area contributed by atoms with Crippen molar-refractivity contribution in [1.82, 2.24) is 4.90 Å². The lowest BCUT2D eigenvalue weighted by molar-refractivity contribution is -0.117. The number of hydrogen-bond donors (Lipinski definition) is 1. The van der Waals surface area contributed by atoms with E-state index >= 15 is 0 Å². The second-order valence-electron chi connectivity index (χ2n) is 7.29. The van der Waals surface area contributed by atoms with E-state index in [0.29, 0.717) is 23.4 Å². The van der Waals surface area contributed by atoms with Gasteiger partial charge in [0.15, 0.2) is 9.84 Å². The Morgan fingerprint density at radius 2 is 1.69 bits per heavy atom. The topological polar surface area (TPSA) is 86.8 Å². The molecule has 1 atom stereocenters. The molecule has 154 valence electrons. The Bertz CT molecular complexity index is 973. The van der Waals surface area contributed by atoms with Crippen LogP contribution in [0.2, 0.25) is 0 Å². The van der Waals surface area contributed by atoms with Gasteiger partial charge in [-0.25, -0.2) is 8.42 Å². The van der Waals surface area contributed by atoms with Crippen LogP contribution in [0.25, 0.3) is 0 Å². The van der Waals surface area contributed by atoms with Gasteiger partial charge in [0.25, 0.3) is 5.91 Å². The van der Waals surface area contributed by atoms with Crippen LogP contribution < -0.4 is 10.2 Å². The first kappa shape index (κ1) is 20.9. The summed E-state index contributed by atoms with van der Waals surface area (Å²) in [6.45, 7) is 0.0203. The van der Waals surface area contributed by atoms with Gasteiger partial charge in [0.05, 0.1) is 24.1 Å². The van der Waals surface area contributed by atoms with Crippen LogP contribution in [0.4, 0.5) is 11.4 Å². The zero-order valence-electron chi connectivity index (χ0n) is 16.5. The van der Waals surface area contributed by atoms with E-state index in [2.05, 4.69) is 5.32 Å². The Balaban J connectivity index is 1.71. The summed E-state index contributed by atoms with van der Waals surface area (Å²) < 4.78 is 23.9. The van der Waals surface area contributed by atoms with Crippen molar-refractivity contribution in [2.75, 3.05) is 42.4 Å². The Morgan fingerprint density at radius 1 is 1.03 bits per heavy atom. The van der Waals surface area contributed by atoms with Crippen molar-refractivity contribution in [3.63, 3.8) is 0 Å². The maximum Gasteiger partial charge on any atom is 0.253 e. The molecule has 1 aliphatic heterocycles. The average Bonchev–Trinajstić information content (AvgIpc) is 3.06. The van der Waals surface area contributed by atoms with Crippen LogP contribution in [0, 0.1) is 0 Å². The molecule has 0 aliphatic carbocycles. The highest BCUT2D eigenvalue weighted by atomic mass is 32.2. The molecule has 1 aliphatic rings. The standard InChI is InChI=1S/C21H25N3O4S/c1-23(2)21(26)16-8-10-17(11-9-16)22-14-20(25)24(18-6-4-3-5-7-18)19-12-13-29(27,28)15-19/h3-11,19,22H,12-15H2,1-2H3. The number of anilines is 2. The van der Waals surface area contributed by atoms with Gasteiger partial charge in [-0.05, 0) is 42.8 Å². The third kappa shape index (κ3) is 5.14. The summed E-state index contributed by atoms with van der Waals surface area (Å²) in [6, 6.07) is 15.7. The Hall–Kier alpha value is -2.87. The highest BCUT2D eigenvalue weighted by Crippen LogP contribution is 2.24. The predicted octanol–water partition coefficient (Wildman–Crippen LogP) is 2.02. The lowest BCUT2D eigenvalue weighted by Crippen LogP contribution is -2.44. The average molecular weight is 416 g/mol. The molecule has 0 radical (unpaired) electrons. The molecule has 0 saturated carbocycles. The Morgan fingerprint density at radius 3 is 2.24 bits per heavy atom. The van der Waals surface area contributed by atoms with Gasteiger partial charge in [0, 0.05) is 31.0 Å². The molecular weight excluding hydrogens is 390 g/mol. The maximum absolute atomic E-state index is 13.0. The Labute approximate surface area is 171 Å². The van der Waals surface area contributed by atoms with E-state index in [4.69, 9.17) is 0 Å². The SMILES string of the molecule is CN(C)C(=O)c1ccc(NCC(=O)N(c2ccccc2)C2CCS(=O)(=O)C2)cc1. The van der Waals surface area contributed by atoms with E-state index in [1.165, 1.54) is 4.90 Å². The number of para-hydroxylation sites is 1. The molecule has 7 nitrogen and oxygen atoms in total. The third-order valence-electron chi connectivity index (χ3n) is 4.86. The molecule has 2 aromatic rings. The molecule has 0 spiro atoms. The quantitative estimate of drug-likeness (QED) is 0.780. The maximum atomic E-state index is 13.0. The number of benzene rings is 2. The molecule has 1 saturated heterocycles. The third-order valence-corrected chi connectivity index (χ3v) is 6.61. The number of nitrogens with zero attached hydrogens (tertiary/aromatic N) is 2. The van der Waals surface area contributed by atoms with Crippen LogP contribution in [-0.2, 0) is 14.6 Å². The molecule has 0 bridgehead atoms. The van der Waals surface area contributed by atoms with Crippen molar-refractivity contribution in [1.29, 1.82) is 0 Å². The number of rotatable bonds is 6. The normalized spacial score (nSPS) is 17.5. The summed E-state index contributed by atoms with van der Waals surface area (Å²) in [4.78, 5) is 28.0. The van der Waals surface area contributed by atoms with E-state index < -0.39 is 9.84 Å². The molecular formula is C21H25N3O4S. The van der Waals surface area contributed by atoms with E-state index in [1.54, 1.807) is 43.3 Å². The second kappa shape index (κ2) is 8.65. The molecule has 0 aromatic heterocycles. The minimum atomic E-state index is -3.12. The number of carbonyl (C=O) groups excluding carboxylic acids is 2. The first-order valence-electron chi connectivity index (χ1n) is 9.40. The molecule has 3 rings (SSSR count). The van der Waals surface area contributed by atoms with Crippen molar-refractivity contribution in [3.8, 4) is 0 Å². The number of amides is 2. The van der Waals surface area contributed by atoms with Gasteiger partial charge < -0.3 is 15.1 Å². The summed E-state index contributed by atoms with van der Waals surface area (Å²) in [5.41, 5.74) is 1.96. The molecule has 1 heterocycles. The van der Waals surface area contributed by atoms with Crippen molar-refractivity contribution in [2.24, 2.45) is 0 Å². The number of carbonyl (C=O) groups is 2. The van der Waals surface area contributed by atoms with Crippen molar-refractivity contribution in [2.45, 2.75) is 12.5 Å². The minimum Gasteiger partial charge on any atom is -0.376 e. The summed E-state index contributed by atoms with van der Waals surface area (Å²) in [7, 11) is 0.259. The fraction of sp³-hybridized carbons (Fsp3) is 0.333. The van der Waals surface area contributed by atoms with Crippen LogP contribution in [0.15, 0.2) is 54.6 Å². The van der Waals surface area contributed by atoms with E-state index in [9.17, 15) is 18.0 Å². The number of hydrogen-bond acceptors (Lipinski definition) is 5. The van der Waals surface area contributed by atoms with Gasteiger partial charge in [0.2, 0.25) is 5.91 Å². The highest BCUT2D eigenvalue weighted by molar-refractivity contribution is 7.91. The van der Waals surface area contributed by atoms with Gasteiger partial charge >= 0.3 is 0 Å². The van der Waals surface area contributed by atoms with Gasteiger partial charge in [-0.2, -0.15) is 0 Å². The molecule has 2 amide bonds. The smallest absolute Gasteiger partial charge is 0.253 e. The fourth-order valence-corrected chi connectivity index (χ4v) is 5.08. The summed E-state index contributed by atoms with van der Waals surface area (Å²) in [5.74, 6) is -0.213. The van der Waals surface area contributed by atoms with Crippen LogP contribution in [-0.4, -0.2) is 63.3 Å². The van der Waals surface area contributed by atoms with Crippen molar-refractivity contribution in [3.05, 3.63) is 60.2 Å². The summed E-state index contributed by atoms with van der Waals surface area (Å²) in [6.07, 6.45) is 0.435. The van der Waals surface area contributed by atoms with Gasteiger partial charge in [-0.1, -0.05) is 18.2 Å². The van der Waals surface area contributed by atoms with E-state index in [-0.39, 0.29) is 35.9 Å². The van der Waals surface area contributed by atoms with Crippen LogP contribution in [0.1, 0.15) is 16.8 Å². The Kier molecular flexibility index (Phi) is 6.22. The van der Waals surface area contributed by atoms with Crippen molar-refractivity contribution < 1.29 is 18.0 Å². The molecule has 8 heteroatoms. The van der Waals surface area contributed by atoms with Crippen LogP contribution >= 0.6 is 0 Å². The summed E-state index contributed by atoms with van der Waals surface area (Å²) >= 11 is 0. The molecule has 29 heavy (non-hydrogen) atoms. The first-order chi connectivity index (χ1) is 13.8. The fourth-order valence-electron chi connectivity index (χ4n) is 3.38. The monoisotopic (exact) mass is 415 g/mol. The molecule has 2 aromatic carbocycles. The number of sulfone groups is 1. The lowest BCUT2D eigenvalue weighted by atomic mass is 10.1. The molecule has 1 unspecified atom stereocenters. The highest BCUT2D eigenvalue weighted by Gasteiger charge is 2.35. The minimum absolute atomic E-state index is 0.0189. The van der Waals surface area contributed by atoms with E-state index in [1.807, 2.05) is 30.3 Å². The zero-order chi connectivity index (χ0) is 21.0. The predicted molar refractivity (Wildman–Crippen MR) is 114 cm³/mol. The second-order valence-corrected chi connectivity index (χ2v) is 9.52. The van der Waals surface area contributed by atoms with Gasteiger partial charge in [-0.15, -0.1) is 0 Å². The molecule has 1 fully saturated rings. The first-order valence-corrected chi connectivity index (χ1v) is 11.2. The van der Waals surface area contributed by atoms with Crippen LogP contribution in [0.3, 0.4) is 0 Å². The van der Waals surface area contributed by atoms with Gasteiger partial charge in [0.1, 0.15) is 0 Å². The van der Waals surface area contributed by atoms with Gasteiger partial charge in [-0.3, -0.25) is 9.59 Å². The summed E-state index contributed by atoms with van der Waals surface area (Å²) in [5, 5.41) is 3.07. The zero-order valence-corrected chi connectivity index (χ0v) is 17.4. The number of nitrogens with one attached hydrogen (secondary N) is 1. The molecule has 1 N–H and O–H groups in total. The largest absolute Gasteiger partial charge is 0.376 e. The van der Waals surface area contributed by atoms with E-state index in [0.717, 1.165) is 0 Å².